The van der Waals surface area contributed by atoms with Crippen LogP contribution >= 0.6 is 11.3 Å². The van der Waals surface area contributed by atoms with Gasteiger partial charge in [-0.3, -0.25) is 0 Å². The lowest BCUT2D eigenvalue weighted by molar-refractivity contribution is 0.0691. The van der Waals surface area contributed by atoms with Crippen molar-refractivity contribution in [3.05, 3.63) is 33.7 Å². The number of aromatic nitrogens is 3. The predicted octanol–water partition coefficient (Wildman–Crippen LogP) is 1.42. The Hall–Kier alpha value is -2.53. The van der Waals surface area contributed by atoms with Crippen LogP contribution in [-0.4, -0.2) is 26.0 Å². The topological polar surface area (TPSA) is 112 Å². The summed E-state index contributed by atoms with van der Waals surface area (Å²) < 4.78 is 0. The van der Waals surface area contributed by atoms with Gasteiger partial charge in [-0.1, -0.05) is 0 Å². The third-order valence-electron chi connectivity index (χ3n) is 2.21. The fourth-order valence-corrected chi connectivity index (χ4v) is 2.04. The zero-order chi connectivity index (χ0) is 13.8. The first kappa shape index (κ1) is 12.9. The van der Waals surface area contributed by atoms with Gasteiger partial charge in [-0.25, -0.2) is 19.7 Å². The highest BCUT2D eigenvalue weighted by Crippen LogP contribution is 2.14. The standard InChI is InChI=1S/C11H9N5O2S/c1-6-13-3-7(2-12)10(15-6)14-4-9-16-8(5-19-9)11(17)18/h3,5H,4H2,1H3,(H,17,18)(H,13,14,15). The van der Waals surface area contributed by atoms with Crippen molar-refractivity contribution in [1.82, 2.24) is 15.0 Å². The number of carboxylic acids is 1. The van der Waals surface area contributed by atoms with E-state index in [-0.39, 0.29) is 5.69 Å². The molecular formula is C11H9N5O2S. The smallest absolute Gasteiger partial charge is 0.355 e. The minimum Gasteiger partial charge on any atom is -0.476 e. The van der Waals surface area contributed by atoms with Gasteiger partial charge in [-0.2, -0.15) is 5.26 Å². The van der Waals surface area contributed by atoms with Crippen LogP contribution in [-0.2, 0) is 6.54 Å². The molecule has 0 aliphatic carbocycles. The summed E-state index contributed by atoms with van der Waals surface area (Å²) in [6.07, 6.45) is 1.44. The number of aryl methyl sites for hydroxylation is 1. The van der Waals surface area contributed by atoms with Crippen molar-refractivity contribution >= 4 is 23.1 Å². The van der Waals surface area contributed by atoms with Gasteiger partial charge in [0.25, 0.3) is 0 Å². The van der Waals surface area contributed by atoms with Crippen LogP contribution in [0.2, 0.25) is 0 Å². The average Bonchev–Trinajstić information content (AvgIpc) is 2.85. The number of anilines is 1. The van der Waals surface area contributed by atoms with E-state index in [9.17, 15) is 4.79 Å². The normalized spacial score (nSPS) is 9.89. The van der Waals surface area contributed by atoms with E-state index in [1.807, 2.05) is 6.07 Å². The fourth-order valence-electron chi connectivity index (χ4n) is 1.34. The van der Waals surface area contributed by atoms with Crippen molar-refractivity contribution in [1.29, 1.82) is 5.26 Å². The minimum absolute atomic E-state index is 0.0150. The predicted molar refractivity (Wildman–Crippen MR) is 67.9 cm³/mol. The lowest BCUT2D eigenvalue weighted by atomic mass is 10.3. The van der Waals surface area contributed by atoms with Gasteiger partial charge in [0, 0.05) is 5.38 Å². The van der Waals surface area contributed by atoms with Crippen LogP contribution in [0, 0.1) is 18.3 Å². The number of aromatic carboxylic acids is 1. The number of carbonyl (C=O) groups is 1. The number of rotatable bonds is 4. The maximum absolute atomic E-state index is 10.7. The van der Waals surface area contributed by atoms with Crippen LogP contribution in [0.15, 0.2) is 11.6 Å². The molecule has 7 nitrogen and oxygen atoms in total. The second-order valence-electron chi connectivity index (χ2n) is 3.58. The van der Waals surface area contributed by atoms with Gasteiger partial charge < -0.3 is 10.4 Å². The molecule has 0 unspecified atom stereocenters. The first-order valence-electron chi connectivity index (χ1n) is 5.25. The molecule has 0 amide bonds. The summed E-state index contributed by atoms with van der Waals surface area (Å²) in [5, 5.41) is 22.7. The van der Waals surface area contributed by atoms with Crippen LogP contribution in [0.5, 0.6) is 0 Å². The third kappa shape index (κ3) is 3.02. The van der Waals surface area contributed by atoms with Gasteiger partial charge in [0.15, 0.2) is 5.69 Å². The number of carboxylic acid groups (broad SMARTS) is 1. The number of hydrogen-bond acceptors (Lipinski definition) is 7. The van der Waals surface area contributed by atoms with Gasteiger partial charge in [-0.05, 0) is 6.92 Å². The van der Waals surface area contributed by atoms with E-state index in [1.54, 1.807) is 6.92 Å². The monoisotopic (exact) mass is 275 g/mol. The molecule has 0 aromatic carbocycles. The summed E-state index contributed by atoms with van der Waals surface area (Å²) in [4.78, 5) is 22.7. The highest BCUT2D eigenvalue weighted by Gasteiger charge is 2.10. The number of hydrogen-bond donors (Lipinski definition) is 2. The molecule has 0 bridgehead atoms. The first-order valence-corrected chi connectivity index (χ1v) is 6.13. The number of nitriles is 1. The van der Waals surface area contributed by atoms with Gasteiger partial charge in [0.1, 0.15) is 28.3 Å². The second-order valence-corrected chi connectivity index (χ2v) is 4.52. The van der Waals surface area contributed by atoms with Crippen LogP contribution in [0.4, 0.5) is 5.82 Å². The number of thiazole rings is 1. The molecule has 8 heteroatoms. The van der Waals surface area contributed by atoms with Crippen molar-refractivity contribution in [2.45, 2.75) is 13.5 Å². The zero-order valence-corrected chi connectivity index (χ0v) is 10.7. The Morgan fingerprint density at radius 1 is 1.58 bits per heavy atom. The van der Waals surface area contributed by atoms with E-state index in [0.29, 0.717) is 28.8 Å². The molecule has 0 spiro atoms. The summed E-state index contributed by atoms with van der Waals surface area (Å²) in [6.45, 7) is 2.03. The SMILES string of the molecule is Cc1ncc(C#N)c(NCc2nc(C(=O)O)cs2)n1. The number of nitrogens with zero attached hydrogens (tertiary/aromatic N) is 4. The van der Waals surface area contributed by atoms with Crippen LogP contribution in [0.25, 0.3) is 0 Å². The summed E-state index contributed by atoms with van der Waals surface area (Å²) in [6, 6.07) is 1.98. The molecule has 2 N–H and O–H groups in total. The van der Waals surface area contributed by atoms with Gasteiger partial charge in [0.05, 0.1) is 12.7 Å². The third-order valence-corrected chi connectivity index (χ3v) is 3.06. The van der Waals surface area contributed by atoms with Gasteiger partial charge in [-0.15, -0.1) is 11.3 Å². The van der Waals surface area contributed by atoms with E-state index < -0.39 is 5.97 Å². The first-order chi connectivity index (χ1) is 9.10. The summed E-state index contributed by atoms with van der Waals surface area (Å²) in [7, 11) is 0. The number of nitrogens with one attached hydrogen (secondary N) is 1. The molecule has 2 aromatic rings. The van der Waals surface area contributed by atoms with Gasteiger partial charge >= 0.3 is 5.97 Å². The Morgan fingerprint density at radius 2 is 2.37 bits per heavy atom. The fraction of sp³-hybridized carbons (Fsp3) is 0.182. The maximum atomic E-state index is 10.7. The molecule has 0 aliphatic heterocycles. The molecule has 0 fully saturated rings. The highest BCUT2D eigenvalue weighted by molar-refractivity contribution is 7.09. The quantitative estimate of drug-likeness (QED) is 0.867. The van der Waals surface area contributed by atoms with Crippen molar-refractivity contribution in [2.24, 2.45) is 0 Å². The summed E-state index contributed by atoms with van der Waals surface area (Å²) in [5.41, 5.74) is 0.349. The van der Waals surface area contributed by atoms with E-state index in [0.717, 1.165) is 0 Å². The van der Waals surface area contributed by atoms with Crippen LogP contribution in [0.3, 0.4) is 0 Å². The highest BCUT2D eigenvalue weighted by atomic mass is 32.1. The largest absolute Gasteiger partial charge is 0.476 e. The average molecular weight is 275 g/mol. The summed E-state index contributed by atoms with van der Waals surface area (Å²) >= 11 is 1.23. The van der Waals surface area contributed by atoms with Crippen molar-refractivity contribution in [2.75, 3.05) is 5.32 Å². The maximum Gasteiger partial charge on any atom is 0.355 e. The molecule has 2 aromatic heterocycles. The van der Waals surface area contributed by atoms with Crippen molar-refractivity contribution in [3.8, 4) is 6.07 Å². The lowest BCUT2D eigenvalue weighted by Crippen LogP contribution is -2.06. The molecule has 2 rings (SSSR count). The Balaban J connectivity index is 2.12. The lowest BCUT2D eigenvalue weighted by Gasteiger charge is -2.05. The minimum atomic E-state index is -1.06. The van der Waals surface area contributed by atoms with Crippen LogP contribution in [0.1, 0.15) is 26.9 Å². The van der Waals surface area contributed by atoms with Gasteiger partial charge in [0.2, 0.25) is 0 Å². The van der Waals surface area contributed by atoms with E-state index >= 15 is 0 Å². The molecule has 19 heavy (non-hydrogen) atoms. The molecule has 0 saturated heterocycles. The van der Waals surface area contributed by atoms with E-state index in [4.69, 9.17) is 10.4 Å². The molecule has 0 radical (unpaired) electrons. The van der Waals surface area contributed by atoms with E-state index in [2.05, 4.69) is 20.3 Å². The van der Waals surface area contributed by atoms with Crippen molar-refractivity contribution < 1.29 is 9.90 Å². The Kier molecular flexibility index (Phi) is 3.68. The molecule has 0 atom stereocenters. The molecule has 96 valence electrons. The van der Waals surface area contributed by atoms with Crippen molar-refractivity contribution in [3.63, 3.8) is 0 Å². The molecule has 0 saturated carbocycles. The Bertz CT molecular complexity index is 661. The summed E-state index contributed by atoms with van der Waals surface area (Å²) in [5.74, 6) is -0.0907. The molecular weight excluding hydrogens is 266 g/mol. The van der Waals surface area contributed by atoms with Crippen LogP contribution < -0.4 is 5.32 Å². The Labute approximate surface area is 112 Å². The molecule has 0 aliphatic rings. The zero-order valence-electron chi connectivity index (χ0n) is 9.91. The second kappa shape index (κ2) is 5.41. The Morgan fingerprint density at radius 3 is 3.00 bits per heavy atom. The molecule has 2 heterocycles. The van der Waals surface area contributed by atoms with E-state index in [1.165, 1.54) is 22.9 Å².